The van der Waals surface area contributed by atoms with Crippen molar-refractivity contribution in [1.82, 2.24) is 5.32 Å². The first kappa shape index (κ1) is 23.4. The van der Waals surface area contributed by atoms with E-state index in [0.29, 0.717) is 5.75 Å². The van der Waals surface area contributed by atoms with Crippen molar-refractivity contribution in [2.24, 2.45) is 4.99 Å². The first-order valence-corrected chi connectivity index (χ1v) is 12.3. The highest BCUT2D eigenvalue weighted by Crippen LogP contribution is 2.51. The highest BCUT2D eigenvalue weighted by Gasteiger charge is 2.48. The molecule has 2 aliphatic rings. The van der Waals surface area contributed by atoms with Crippen LogP contribution in [-0.4, -0.2) is 28.2 Å². The van der Waals surface area contributed by atoms with Crippen LogP contribution in [0.25, 0.3) is 0 Å². The lowest BCUT2D eigenvalue weighted by atomic mass is 9.76. The number of carbonyl (C=O) groups excluding carboxylic acids is 1. The van der Waals surface area contributed by atoms with Gasteiger partial charge in [0.1, 0.15) is 11.5 Å². The molecule has 0 saturated carbocycles. The Morgan fingerprint density at radius 2 is 2.03 bits per heavy atom. The molecule has 6 heteroatoms. The molecule has 0 amide bonds. The lowest BCUT2D eigenvalue weighted by Crippen LogP contribution is -2.57. The molecule has 33 heavy (non-hydrogen) atoms. The molecule has 2 aromatic rings. The van der Waals surface area contributed by atoms with E-state index in [-0.39, 0.29) is 17.4 Å². The molecule has 0 fully saturated rings. The topological polar surface area (TPSA) is 59.9 Å². The number of rotatable bonds is 4. The Kier molecular flexibility index (Phi) is 6.32. The van der Waals surface area contributed by atoms with E-state index < -0.39 is 5.72 Å². The number of aryl methyl sites for hydroxylation is 2. The fraction of sp³-hybridized carbons (Fsp3) is 0.407. The summed E-state index contributed by atoms with van der Waals surface area (Å²) in [6, 6.07) is 12.5. The third-order valence-corrected chi connectivity index (χ3v) is 6.91. The molecule has 1 N–H and O–H groups in total. The molecule has 2 aliphatic heterocycles. The smallest absolute Gasteiger partial charge is 0.308 e. The van der Waals surface area contributed by atoms with Crippen molar-refractivity contribution in [1.29, 1.82) is 0 Å². The molecule has 1 spiro atoms. The van der Waals surface area contributed by atoms with Gasteiger partial charge in [-0.15, -0.1) is 6.58 Å². The minimum Gasteiger partial charge on any atom is -0.466 e. The number of amidine groups is 1. The first-order valence-electron chi connectivity index (χ1n) is 11.3. The van der Waals surface area contributed by atoms with E-state index in [0.717, 1.165) is 40.6 Å². The maximum absolute atomic E-state index is 11.6. The number of nitrogens with zero attached hydrogens (tertiary/aromatic N) is 1. The van der Waals surface area contributed by atoms with Crippen LogP contribution >= 0.6 is 11.8 Å². The van der Waals surface area contributed by atoms with Crippen LogP contribution in [0.2, 0.25) is 0 Å². The van der Waals surface area contributed by atoms with Gasteiger partial charge >= 0.3 is 5.97 Å². The van der Waals surface area contributed by atoms with Crippen LogP contribution in [0.1, 0.15) is 61.8 Å². The molecule has 0 unspecified atom stereocenters. The normalized spacial score (nSPS) is 23.1. The van der Waals surface area contributed by atoms with Gasteiger partial charge in [-0.3, -0.25) is 4.79 Å². The lowest BCUT2D eigenvalue weighted by molar-refractivity contribution is -0.131. The van der Waals surface area contributed by atoms with Crippen molar-refractivity contribution in [2.45, 2.75) is 64.6 Å². The van der Waals surface area contributed by atoms with E-state index in [1.807, 2.05) is 18.2 Å². The third-order valence-electron chi connectivity index (χ3n) is 6.04. The number of esters is 1. The number of fused-ring (bicyclic) bond motifs is 1. The lowest BCUT2D eigenvalue weighted by Gasteiger charge is -2.47. The first-order chi connectivity index (χ1) is 15.6. The van der Waals surface area contributed by atoms with Crippen molar-refractivity contribution in [2.75, 3.05) is 5.75 Å². The minimum atomic E-state index is -0.720. The molecule has 2 aromatic carbocycles. The summed E-state index contributed by atoms with van der Waals surface area (Å²) in [7, 11) is 0. The molecule has 0 radical (unpaired) electrons. The zero-order chi connectivity index (χ0) is 23.8. The quantitative estimate of drug-likeness (QED) is 0.347. The standard InChI is InChI=1S/C27H32N2O3S/c1-7-12-33-25-28-26(5,6)16-27(29-25)15-22(20-10-8-17(2)9-11-20)24-18(3)13-21(31-19(4)30)14-23(24)32-27/h7-11,13-14,22H,1,12,15-16H2,2-6H3,(H,28,29)/t22-,27+/m1/s1. The fourth-order valence-corrected chi connectivity index (χ4v) is 5.76. The van der Waals surface area contributed by atoms with Gasteiger partial charge < -0.3 is 14.8 Å². The molecule has 2 atom stereocenters. The van der Waals surface area contributed by atoms with Crippen LogP contribution in [-0.2, 0) is 4.79 Å². The number of benzene rings is 2. The van der Waals surface area contributed by atoms with E-state index in [1.165, 1.54) is 18.1 Å². The van der Waals surface area contributed by atoms with E-state index in [4.69, 9.17) is 14.5 Å². The van der Waals surface area contributed by atoms with Gasteiger partial charge in [0.25, 0.3) is 0 Å². The van der Waals surface area contributed by atoms with Crippen LogP contribution in [0.4, 0.5) is 0 Å². The average Bonchev–Trinajstić information content (AvgIpc) is 2.70. The highest BCUT2D eigenvalue weighted by atomic mass is 32.2. The molecule has 0 aromatic heterocycles. The summed E-state index contributed by atoms with van der Waals surface area (Å²) < 4.78 is 12.2. The summed E-state index contributed by atoms with van der Waals surface area (Å²) in [6.45, 7) is 13.8. The van der Waals surface area contributed by atoms with Gasteiger partial charge in [0.15, 0.2) is 5.17 Å². The highest BCUT2D eigenvalue weighted by molar-refractivity contribution is 8.13. The van der Waals surface area contributed by atoms with Gasteiger partial charge in [-0.05, 0) is 44.9 Å². The van der Waals surface area contributed by atoms with Gasteiger partial charge in [0.05, 0.1) is 0 Å². The van der Waals surface area contributed by atoms with E-state index in [9.17, 15) is 4.79 Å². The monoisotopic (exact) mass is 464 g/mol. The van der Waals surface area contributed by atoms with Crippen molar-refractivity contribution in [3.8, 4) is 11.5 Å². The summed E-state index contributed by atoms with van der Waals surface area (Å²) in [5, 5.41) is 4.42. The summed E-state index contributed by atoms with van der Waals surface area (Å²) in [6.07, 6.45) is 3.33. The van der Waals surface area contributed by atoms with E-state index in [1.54, 1.807) is 11.8 Å². The Balaban J connectivity index is 1.86. The number of aliphatic imine (C=N–C) groups is 1. The largest absolute Gasteiger partial charge is 0.466 e. The molecule has 0 saturated heterocycles. The van der Waals surface area contributed by atoms with Gasteiger partial charge in [-0.25, -0.2) is 4.99 Å². The van der Waals surface area contributed by atoms with Crippen molar-refractivity contribution in [3.05, 3.63) is 71.3 Å². The Morgan fingerprint density at radius 3 is 2.70 bits per heavy atom. The van der Waals surface area contributed by atoms with Crippen LogP contribution in [0, 0.1) is 13.8 Å². The summed E-state index contributed by atoms with van der Waals surface area (Å²) >= 11 is 1.63. The molecule has 5 nitrogen and oxygen atoms in total. The van der Waals surface area contributed by atoms with Gasteiger partial charge in [-0.1, -0.05) is 47.7 Å². The predicted octanol–water partition coefficient (Wildman–Crippen LogP) is 5.89. The minimum absolute atomic E-state index is 0.115. The molecular weight excluding hydrogens is 432 g/mol. The second-order valence-corrected chi connectivity index (χ2v) is 10.7. The van der Waals surface area contributed by atoms with Gasteiger partial charge in [-0.2, -0.15) is 0 Å². The Morgan fingerprint density at radius 1 is 1.30 bits per heavy atom. The third kappa shape index (κ3) is 5.11. The number of nitrogens with one attached hydrogen (secondary N) is 1. The number of ether oxygens (including phenoxy) is 2. The molecule has 0 bridgehead atoms. The molecule has 0 aliphatic carbocycles. The van der Waals surface area contributed by atoms with Crippen molar-refractivity contribution >= 4 is 22.9 Å². The molecule has 2 heterocycles. The fourth-order valence-electron chi connectivity index (χ4n) is 4.90. The van der Waals surface area contributed by atoms with Crippen LogP contribution in [0.3, 0.4) is 0 Å². The summed E-state index contributed by atoms with van der Waals surface area (Å²) in [5.41, 5.74) is 3.73. The number of hydrogen-bond donors (Lipinski definition) is 1. The van der Waals surface area contributed by atoms with Crippen LogP contribution in [0.5, 0.6) is 11.5 Å². The SMILES string of the molecule is C=CCSC1=N[C@]2(C[C@H](c3ccc(C)cc3)c3c(C)cc(OC(C)=O)cc3O2)CC(C)(C)N1. The maximum Gasteiger partial charge on any atom is 0.308 e. The van der Waals surface area contributed by atoms with Gasteiger partial charge in [0, 0.05) is 48.6 Å². The molecule has 4 rings (SSSR count). The number of thioether (sulfide) groups is 1. The zero-order valence-corrected chi connectivity index (χ0v) is 20.8. The molecular formula is C27H32N2O3S. The summed E-state index contributed by atoms with van der Waals surface area (Å²) in [4.78, 5) is 16.7. The zero-order valence-electron chi connectivity index (χ0n) is 20.0. The van der Waals surface area contributed by atoms with Crippen molar-refractivity contribution in [3.63, 3.8) is 0 Å². The van der Waals surface area contributed by atoms with E-state index >= 15 is 0 Å². The Labute approximate surface area is 200 Å². The Hall–Kier alpha value is -2.73. The predicted molar refractivity (Wildman–Crippen MR) is 135 cm³/mol. The second kappa shape index (κ2) is 8.90. The maximum atomic E-state index is 11.6. The average molecular weight is 465 g/mol. The van der Waals surface area contributed by atoms with Crippen LogP contribution in [0.15, 0.2) is 54.0 Å². The number of carbonyl (C=O) groups is 1. The second-order valence-electron chi connectivity index (χ2n) is 9.66. The van der Waals surface area contributed by atoms with Crippen molar-refractivity contribution < 1.29 is 14.3 Å². The van der Waals surface area contributed by atoms with E-state index in [2.05, 4.69) is 63.9 Å². The Bertz CT molecular complexity index is 1110. The molecule has 174 valence electrons. The van der Waals surface area contributed by atoms with Crippen LogP contribution < -0.4 is 14.8 Å². The number of hydrogen-bond acceptors (Lipinski definition) is 6. The van der Waals surface area contributed by atoms with Gasteiger partial charge in [0.2, 0.25) is 5.72 Å². The summed E-state index contributed by atoms with van der Waals surface area (Å²) in [5.74, 6) is 1.77.